The van der Waals surface area contributed by atoms with Crippen LogP contribution < -0.4 is 11.5 Å². The normalized spacial score (nSPS) is 11.5. The quantitative estimate of drug-likeness (QED) is 0.434. The number of nitrogens with two attached hydrogens (primary N) is 2. The van der Waals surface area contributed by atoms with E-state index in [-0.39, 0.29) is 34.9 Å². The van der Waals surface area contributed by atoms with E-state index < -0.39 is 17.8 Å². The lowest BCUT2D eigenvalue weighted by Crippen LogP contribution is -2.14. The highest BCUT2D eigenvalue weighted by atomic mass is 32.1. The van der Waals surface area contributed by atoms with Gasteiger partial charge < -0.3 is 11.5 Å². The molecule has 0 aliphatic rings. The minimum absolute atomic E-state index is 0.0330. The van der Waals surface area contributed by atoms with Crippen molar-refractivity contribution in [3.8, 4) is 22.0 Å². The third kappa shape index (κ3) is 4.39. The molecule has 12 heteroatoms. The number of pyridine rings is 2. The highest BCUT2D eigenvalue weighted by Gasteiger charge is 2.35. The molecule has 0 bridgehead atoms. The van der Waals surface area contributed by atoms with Gasteiger partial charge in [0.05, 0.1) is 17.1 Å². The van der Waals surface area contributed by atoms with Crippen molar-refractivity contribution < 1.29 is 18.0 Å². The first-order valence-electron chi connectivity index (χ1n) is 9.07. The molecule has 4 heterocycles. The molecule has 4 aromatic heterocycles. The number of ketones is 1. The number of nitrogen functional groups attached to an aromatic ring is 2. The number of halogens is 3. The zero-order valence-electron chi connectivity index (χ0n) is 16.2. The standard InChI is InChI=1S/C20H14F3N7OS/c21-20(22,23)19-29-14(8-16(25)30-19)11-3-4-26-9-10(11)7-15(31)17-12(24)1-2-13(28-17)18-27-5-6-32-18/h1-6,8-9H,7,24H2,(H2,25,29,30). The average Bonchev–Trinajstić information content (AvgIpc) is 3.28. The summed E-state index contributed by atoms with van der Waals surface area (Å²) in [7, 11) is 0. The zero-order valence-corrected chi connectivity index (χ0v) is 17.0. The lowest BCUT2D eigenvalue weighted by atomic mass is 10.00. The zero-order chi connectivity index (χ0) is 22.9. The average molecular weight is 457 g/mol. The molecule has 32 heavy (non-hydrogen) atoms. The van der Waals surface area contributed by atoms with Crippen molar-refractivity contribution in [3.05, 3.63) is 65.3 Å². The van der Waals surface area contributed by atoms with Gasteiger partial charge in [-0.2, -0.15) is 13.2 Å². The number of rotatable bonds is 5. The largest absolute Gasteiger partial charge is 0.451 e. The maximum absolute atomic E-state index is 13.1. The SMILES string of the molecule is Nc1cc(-c2ccncc2CC(=O)c2nc(-c3nccs3)ccc2N)nc(C(F)(F)F)n1. The number of hydrogen-bond donors (Lipinski definition) is 2. The summed E-state index contributed by atoms with van der Waals surface area (Å²) < 4.78 is 39.4. The molecule has 0 aliphatic carbocycles. The van der Waals surface area contributed by atoms with Gasteiger partial charge in [0, 0.05) is 42.0 Å². The molecule has 4 aromatic rings. The topological polar surface area (TPSA) is 134 Å². The number of carbonyl (C=O) groups excluding carboxylic acids is 1. The van der Waals surface area contributed by atoms with E-state index in [0.717, 1.165) is 0 Å². The summed E-state index contributed by atoms with van der Waals surface area (Å²) >= 11 is 1.36. The van der Waals surface area contributed by atoms with Crippen molar-refractivity contribution in [3.63, 3.8) is 0 Å². The van der Waals surface area contributed by atoms with Crippen LogP contribution in [0.2, 0.25) is 0 Å². The number of aromatic nitrogens is 5. The first-order chi connectivity index (χ1) is 15.2. The van der Waals surface area contributed by atoms with E-state index in [2.05, 4.69) is 24.9 Å². The molecule has 0 unspecified atom stereocenters. The van der Waals surface area contributed by atoms with Crippen molar-refractivity contribution >= 4 is 28.6 Å². The smallest absolute Gasteiger partial charge is 0.397 e. The molecule has 0 radical (unpaired) electrons. The number of hydrogen-bond acceptors (Lipinski definition) is 9. The second kappa shape index (κ2) is 8.30. The molecule has 4 rings (SSSR count). The Hall–Kier alpha value is -3.93. The van der Waals surface area contributed by atoms with Crippen LogP contribution in [0.1, 0.15) is 21.9 Å². The van der Waals surface area contributed by atoms with Crippen LogP contribution in [0.5, 0.6) is 0 Å². The third-order valence-corrected chi connectivity index (χ3v) is 5.17. The van der Waals surface area contributed by atoms with Crippen LogP contribution in [0.15, 0.2) is 48.2 Å². The summed E-state index contributed by atoms with van der Waals surface area (Å²) in [5.74, 6) is -2.16. The molecule has 0 saturated heterocycles. The number of alkyl halides is 3. The Labute approximate surface area is 183 Å². The van der Waals surface area contributed by atoms with E-state index in [1.165, 1.54) is 35.9 Å². The Morgan fingerprint density at radius 2 is 1.84 bits per heavy atom. The molecule has 8 nitrogen and oxygen atoms in total. The van der Waals surface area contributed by atoms with Gasteiger partial charge in [0.25, 0.3) is 0 Å². The molecule has 162 valence electrons. The summed E-state index contributed by atoms with van der Waals surface area (Å²) in [5.41, 5.74) is 12.7. The Balaban J connectivity index is 1.70. The molecule has 0 fully saturated rings. The number of thiazole rings is 1. The highest BCUT2D eigenvalue weighted by molar-refractivity contribution is 7.13. The Morgan fingerprint density at radius 3 is 2.56 bits per heavy atom. The first-order valence-corrected chi connectivity index (χ1v) is 9.95. The minimum atomic E-state index is -4.78. The molecule has 0 atom stereocenters. The van der Waals surface area contributed by atoms with Gasteiger partial charge in [0.15, 0.2) is 5.78 Å². The molecular formula is C20H14F3N7OS. The lowest BCUT2D eigenvalue weighted by Gasteiger charge is -2.12. The van der Waals surface area contributed by atoms with Gasteiger partial charge in [-0.25, -0.2) is 19.9 Å². The van der Waals surface area contributed by atoms with Gasteiger partial charge in [-0.3, -0.25) is 9.78 Å². The maximum Gasteiger partial charge on any atom is 0.451 e. The lowest BCUT2D eigenvalue weighted by molar-refractivity contribution is -0.144. The maximum atomic E-state index is 13.1. The van der Waals surface area contributed by atoms with Crippen LogP contribution >= 0.6 is 11.3 Å². The molecular weight excluding hydrogens is 443 g/mol. The number of nitrogens with zero attached hydrogens (tertiary/aromatic N) is 5. The van der Waals surface area contributed by atoms with E-state index >= 15 is 0 Å². The second-order valence-corrected chi connectivity index (χ2v) is 7.50. The molecule has 0 aliphatic heterocycles. The minimum Gasteiger partial charge on any atom is -0.397 e. The number of Topliss-reactive ketones (excluding diaryl/α,β-unsaturated/α-hetero) is 1. The molecule has 4 N–H and O–H groups in total. The van der Waals surface area contributed by atoms with Crippen LogP contribution in [0, 0.1) is 0 Å². The summed E-state index contributed by atoms with van der Waals surface area (Å²) in [4.78, 5) is 32.3. The van der Waals surface area contributed by atoms with Crippen LogP contribution in [0.25, 0.3) is 22.0 Å². The number of carbonyl (C=O) groups is 1. The van der Waals surface area contributed by atoms with Crippen LogP contribution in [-0.2, 0) is 12.6 Å². The molecule has 0 aromatic carbocycles. The van der Waals surface area contributed by atoms with E-state index in [0.29, 0.717) is 16.3 Å². The fraction of sp³-hybridized carbons (Fsp3) is 0.100. The van der Waals surface area contributed by atoms with Crippen LogP contribution in [-0.4, -0.2) is 30.7 Å². The molecule has 0 spiro atoms. The van der Waals surface area contributed by atoms with Gasteiger partial charge in [0.2, 0.25) is 5.82 Å². The molecule has 0 saturated carbocycles. The van der Waals surface area contributed by atoms with Gasteiger partial charge in [0.1, 0.15) is 16.5 Å². The van der Waals surface area contributed by atoms with Crippen LogP contribution in [0.3, 0.4) is 0 Å². The monoisotopic (exact) mass is 457 g/mol. The van der Waals surface area contributed by atoms with Gasteiger partial charge in [-0.15, -0.1) is 11.3 Å². The van der Waals surface area contributed by atoms with Crippen molar-refractivity contribution in [2.75, 3.05) is 11.5 Å². The third-order valence-electron chi connectivity index (χ3n) is 4.37. The van der Waals surface area contributed by atoms with Gasteiger partial charge >= 0.3 is 6.18 Å². The van der Waals surface area contributed by atoms with Crippen molar-refractivity contribution in [1.82, 2.24) is 24.9 Å². The van der Waals surface area contributed by atoms with Crippen LogP contribution in [0.4, 0.5) is 24.7 Å². The van der Waals surface area contributed by atoms with Crippen molar-refractivity contribution in [2.45, 2.75) is 12.6 Å². The summed E-state index contributed by atoms with van der Waals surface area (Å²) in [6, 6.07) is 5.87. The fourth-order valence-corrected chi connectivity index (χ4v) is 3.57. The Morgan fingerprint density at radius 1 is 1.03 bits per heavy atom. The Kier molecular flexibility index (Phi) is 5.53. The van der Waals surface area contributed by atoms with Crippen molar-refractivity contribution in [2.24, 2.45) is 0 Å². The molecule has 0 amide bonds. The van der Waals surface area contributed by atoms with E-state index in [9.17, 15) is 18.0 Å². The highest BCUT2D eigenvalue weighted by Crippen LogP contribution is 2.31. The fourth-order valence-electron chi connectivity index (χ4n) is 2.97. The Bertz CT molecular complexity index is 1290. The first kappa shape index (κ1) is 21.3. The van der Waals surface area contributed by atoms with Gasteiger partial charge in [-0.05, 0) is 23.8 Å². The predicted octanol–water partition coefficient (Wildman–Crippen LogP) is 3.67. The summed E-state index contributed by atoms with van der Waals surface area (Å²) in [6.07, 6.45) is -0.622. The number of anilines is 2. The summed E-state index contributed by atoms with van der Waals surface area (Å²) in [6.45, 7) is 0. The van der Waals surface area contributed by atoms with E-state index in [4.69, 9.17) is 11.5 Å². The van der Waals surface area contributed by atoms with E-state index in [1.54, 1.807) is 23.7 Å². The van der Waals surface area contributed by atoms with Gasteiger partial charge in [-0.1, -0.05) is 0 Å². The van der Waals surface area contributed by atoms with E-state index in [1.807, 2.05) is 0 Å². The van der Waals surface area contributed by atoms with Crippen molar-refractivity contribution in [1.29, 1.82) is 0 Å². The predicted molar refractivity (Wildman–Crippen MR) is 112 cm³/mol. The summed E-state index contributed by atoms with van der Waals surface area (Å²) in [5, 5.41) is 2.40. The second-order valence-electron chi connectivity index (χ2n) is 6.60.